The van der Waals surface area contributed by atoms with Crippen molar-refractivity contribution in [1.82, 2.24) is 0 Å². The number of aryl methyl sites for hydroxylation is 1. The van der Waals surface area contributed by atoms with Crippen molar-refractivity contribution in [2.75, 3.05) is 0 Å². The van der Waals surface area contributed by atoms with Gasteiger partial charge in [-0.15, -0.1) is 6.58 Å². The predicted molar refractivity (Wildman–Crippen MR) is 124 cm³/mol. The van der Waals surface area contributed by atoms with Crippen molar-refractivity contribution in [3.05, 3.63) is 82.7 Å². The smallest absolute Gasteiger partial charge is 0.174 e. The average molecular weight is 437 g/mol. The minimum Gasteiger partial charge on any atom is -0.207 e. The SMILES string of the molecule is C=CCCC1CCC2CC(c3ccc(C#Cc4ccc(C)c(F)c4)c(F)c3F)CCC2C1. The van der Waals surface area contributed by atoms with Gasteiger partial charge in [0, 0.05) is 5.56 Å². The Morgan fingerprint density at radius 3 is 2.50 bits per heavy atom. The number of rotatable bonds is 4. The molecule has 0 amide bonds. The van der Waals surface area contributed by atoms with Crippen molar-refractivity contribution in [1.29, 1.82) is 0 Å². The number of benzene rings is 2. The summed E-state index contributed by atoms with van der Waals surface area (Å²) in [6.45, 7) is 5.50. The molecular formula is C29H31F3. The fourth-order valence-electron chi connectivity index (χ4n) is 5.67. The van der Waals surface area contributed by atoms with Crippen molar-refractivity contribution < 1.29 is 13.2 Å². The highest BCUT2D eigenvalue weighted by atomic mass is 19.2. The van der Waals surface area contributed by atoms with E-state index in [0.717, 1.165) is 37.5 Å². The van der Waals surface area contributed by atoms with E-state index in [1.54, 1.807) is 31.2 Å². The van der Waals surface area contributed by atoms with Crippen LogP contribution >= 0.6 is 0 Å². The lowest BCUT2D eigenvalue weighted by atomic mass is 9.63. The molecule has 0 aromatic heterocycles. The Morgan fingerprint density at radius 1 is 0.938 bits per heavy atom. The summed E-state index contributed by atoms with van der Waals surface area (Å²) < 4.78 is 43.5. The van der Waals surface area contributed by atoms with E-state index >= 15 is 4.39 Å². The van der Waals surface area contributed by atoms with Gasteiger partial charge in [-0.1, -0.05) is 36.5 Å². The molecular weight excluding hydrogens is 405 g/mol. The molecule has 4 atom stereocenters. The Hall–Kier alpha value is -2.47. The van der Waals surface area contributed by atoms with Gasteiger partial charge in [0.2, 0.25) is 0 Å². The lowest BCUT2D eigenvalue weighted by Gasteiger charge is -2.42. The van der Waals surface area contributed by atoms with Crippen LogP contribution in [0.5, 0.6) is 0 Å². The number of fused-ring (bicyclic) bond motifs is 1. The van der Waals surface area contributed by atoms with Crippen molar-refractivity contribution in [3.63, 3.8) is 0 Å². The highest BCUT2D eigenvalue weighted by Crippen LogP contribution is 2.48. The maximum absolute atomic E-state index is 15.0. The van der Waals surface area contributed by atoms with Gasteiger partial charge in [-0.25, -0.2) is 13.2 Å². The zero-order valence-electron chi connectivity index (χ0n) is 18.8. The molecule has 3 heteroatoms. The first-order valence-corrected chi connectivity index (χ1v) is 11.8. The molecule has 0 bridgehead atoms. The van der Waals surface area contributed by atoms with Crippen LogP contribution < -0.4 is 0 Å². The van der Waals surface area contributed by atoms with E-state index in [-0.39, 0.29) is 17.3 Å². The summed E-state index contributed by atoms with van der Waals surface area (Å²) in [4.78, 5) is 0. The van der Waals surface area contributed by atoms with Gasteiger partial charge in [0.05, 0.1) is 5.56 Å². The zero-order chi connectivity index (χ0) is 22.7. The molecule has 0 saturated heterocycles. The first-order chi connectivity index (χ1) is 15.5. The second kappa shape index (κ2) is 9.99. The molecule has 2 saturated carbocycles. The molecule has 2 aromatic carbocycles. The fraction of sp³-hybridized carbons (Fsp3) is 0.448. The molecule has 32 heavy (non-hydrogen) atoms. The van der Waals surface area contributed by atoms with Crippen LogP contribution in [0.1, 0.15) is 79.5 Å². The number of hydrogen-bond acceptors (Lipinski definition) is 0. The molecule has 2 fully saturated rings. The second-order valence-corrected chi connectivity index (χ2v) is 9.62. The van der Waals surface area contributed by atoms with Gasteiger partial charge in [0.1, 0.15) is 5.82 Å². The fourth-order valence-corrected chi connectivity index (χ4v) is 5.67. The summed E-state index contributed by atoms with van der Waals surface area (Å²) in [5.74, 6) is 5.61. The van der Waals surface area contributed by atoms with Gasteiger partial charge < -0.3 is 0 Å². The van der Waals surface area contributed by atoms with Gasteiger partial charge in [0.15, 0.2) is 11.6 Å². The van der Waals surface area contributed by atoms with E-state index in [1.807, 2.05) is 6.08 Å². The van der Waals surface area contributed by atoms with Gasteiger partial charge in [-0.2, -0.15) is 0 Å². The van der Waals surface area contributed by atoms with Crippen molar-refractivity contribution >= 4 is 0 Å². The summed E-state index contributed by atoms with van der Waals surface area (Å²) in [7, 11) is 0. The molecule has 0 aliphatic heterocycles. The quantitative estimate of drug-likeness (QED) is 0.336. The third-order valence-corrected chi connectivity index (χ3v) is 7.57. The highest BCUT2D eigenvalue weighted by molar-refractivity contribution is 5.45. The van der Waals surface area contributed by atoms with E-state index in [1.165, 1.54) is 31.7 Å². The van der Waals surface area contributed by atoms with Crippen LogP contribution in [0.3, 0.4) is 0 Å². The van der Waals surface area contributed by atoms with Crippen LogP contribution in [0.15, 0.2) is 43.0 Å². The third kappa shape index (κ3) is 4.96. The molecule has 0 N–H and O–H groups in total. The molecule has 2 aliphatic carbocycles. The van der Waals surface area contributed by atoms with Crippen LogP contribution in [0, 0.1) is 54.0 Å². The van der Waals surface area contributed by atoms with E-state index in [9.17, 15) is 8.78 Å². The summed E-state index contributed by atoms with van der Waals surface area (Å²) in [5.41, 5.74) is 1.47. The number of allylic oxidation sites excluding steroid dienone is 1. The Labute approximate surface area is 189 Å². The topological polar surface area (TPSA) is 0 Å². The van der Waals surface area contributed by atoms with E-state index < -0.39 is 11.6 Å². The summed E-state index contributed by atoms with van der Waals surface area (Å²) in [6.07, 6.45) is 11.0. The molecule has 0 heterocycles. The van der Waals surface area contributed by atoms with E-state index in [4.69, 9.17) is 0 Å². The minimum atomic E-state index is -0.891. The van der Waals surface area contributed by atoms with Crippen LogP contribution in [0.4, 0.5) is 13.2 Å². The maximum atomic E-state index is 15.0. The van der Waals surface area contributed by atoms with Crippen LogP contribution in [0.25, 0.3) is 0 Å². The molecule has 168 valence electrons. The molecule has 0 spiro atoms. The van der Waals surface area contributed by atoms with Crippen LogP contribution in [0.2, 0.25) is 0 Å². The molecule has 4 unspecified atom stereocenters. The van der Waals surface area contributed by atoms with E-state index in [2.05, 4.69) is 18.4 Å². The summed E-state index contributed by atoms with van der Waals surface area (Å²) >= 11 is 0. The number of hydrogen-bond donors (Lipinski definition) is 0. The Morgan fingerprint density at radius 2 is 1.72 bits per heavy atom. The van der Waals surface area contributed by atoms with Crippen molar-refractivity contribution in [2.24, 2.45) is 17.8 Å². The van der Waals surface area contributed by atoms with Gasteiger partial charge in [0.25, 0.3) is 0 Å². The molecule has 2 aliphatic rings. The average Bonchev–Trinajstić information content (AvgIpc) is 2.80. The van der Waals surface area contributed by atoms with Gasteiger partial charge in [-0.05, 0) is 105 Å². The lowest BCUT2D eigenvalue weighted by Crippen LogP contribution is -2.30. The summed E-state index contributed by atoms with van der Waals surface area (Å²) in [6, 6.07) is 7.90. The first kappa shape index (κ1) is 22.7. The normalized spacial score (nSPS) is 24.9. The highest BCUT2D eigenvalue weighted by Gasteiger charge is 2.36. The minimum absolute atomic E-state index is 0.0173. The third-order valence-electron chi connectivity index (χ3n) is 7.57. The lowest BCUT2D eigenvalue weighted by molar-refractivity contribution is 0.114. The standard InChI is InChI=1S/C29H31F3/c1-3-4-5-20-9-11-24-18-25(13-12-23(24)16-20)26-15-14-22(28(31)29(26)32)10-8-21-7-6-19(2)27(30)17-21/h3,6-7,14-15,17,20,23-25H,1,4-5,9,11-13,16,18H2,2H3. The Bertz CT molecular complexity index is 1040. The van der Waals surface area contributed by atoms with Crippen molar-refractivity contribution in [2.45, 2.75) is 64.2 Å². The largest absolute Gasteiger partial charge is 0.207 e. The molecule has 2 aromatic rings. The first-order valence-electron chi connectivity index (χ1n) is 11.8. The molecule has 0 nitrogen and oxygen atoms in total. The summed E-state index contributed by atoms with van der Waals surface area (Å²) in [5, 5.41) is 0. The van der Waals surface area contributed by atoms with Crippen LogP contribution in [-0.2, 0) is 0 Å². The van der Waals surface area contributed by atoms with Crippen molar-refractivity contribution in [3.8, 4) is 11.8 Å². The van der Waals surface area contributed by atoms with Crippen LogP contribution in [-0.4, -0.2) is 0 Å². The second-order valence-electron chi connectivity index (χ2n) is 9.62. The van der Waals surface area contributed by atoms with E-state index in [0.29, 0.717) is 22.6 Å². The molecule has 4 rings (SSSR count). The van der Waals surface area contributed by atoms with Gasteiger partial charge >= 0.3 is 0 Å². The number of halogens is 3. The van der Waals surface area contributed by atoms with Gasteiger partial charge in [-0.3, -0.25) is 0 Å². The zero-order valence-corrected chi connectivity index (χ0v) is 18.8. The maximum Gasteiger partial charge on any atom is 0.174 e. The Kier molecular flexibility index (Phi) is 7.09. The molecule has 0 radical (unpaired) electrons. The predicted octanol–water partition coefficient (Wildman–Crippen LogP) is 8.08. The Balaban J connectivity index is 1.46. The monoisotopic (exact) mass is 436 g/mol.